The minimum atomic E-state index is -0.469. The van der Waals surface area contributed by atoms with Crippen molar-refractivity contribution >= 4 is 23.4 Å². The minimum absolute atomic E-state index is 0.0185. The van der Waals surface area contributed by atoms with E-state index in [-0.39, 0.29) is 11.8 Å². The zero-order chi connectivity index (χ0) is 19.3. The van der Waals surface area contributed by atoms with Gasteiger partial charge >= 0.3 is 0 Å². The third-order valence-corrected chi connectivity index (χ3v) is 5.52. The normalized spacial score (nSPS) is 14.4. The maximum Gasteiger partial charge on any atom is 0.228 e. The van der Waals surface area contributed by atoms with E-state index in [2.05, 4.69) is 17.6 Å². The van der Waals surface area contributed by atoms with Gasteiger partial charge in [0.1, 0.15) is 0 Å². The summed E-state index contributed by atoms with van der Waals surface area (Å²) in [6.45, 7) is 2.89. The Morgan fingerprint density at radius 2 is 1.67 bits per heavy atom. The van der Waals surface area contributed by atoms with Crippen molar-refractivity contribution in [1.29, 1.82) is 0 Å². The maximum absolute atomic E-state index is 12.5. The molecule has 0 spiro atoms. The summed E-state index contributed by atoms with van der Waals surface area (Å²) in [7, 11) is 0. The van der Waals surface area contributed by atoms with E-state index in [0.717, 1.165) is 30.4 Å². The predicted molar refractivity (Wildman–Crippen MR) is 107 cm³/mol. The summed E-state index contributed by atoms with van der Waals surface area (Å²) in [4.78, 5) is 24.8. The fraction of sp³-hybridized carbons (Fsp3) is 0.364. The Labute approximate surface area is 165 Å². The summed E-state index contributed by atoms with van der Waals surface area (Å²) in [6, 6.07) is 15.5. The zero-order valence-electron chi connectivity index (χ0n) is 15.6. The molecule has 2 aromatic carbocycles. The molecule has 142 valence electrons. The second-order valence-corrected chi connectivity index (χ2v) is 7.59. The van der Waals surface area contributed by atoms with Gasteiger partial charge in [0.2, 0.25) is 11.8 Å². The number of amides is 2. The molecule has 0 radical (unpaired) electrons. The number of aryl methyl sites for hydroxylation is 1. The highest BCUT2D eigenvalue weighted by Crippen LogP contribution is 2.45. The average molecular weight is 385 g/mol. The molecule has 0 aromatic heterocycles. The fourth-order valence-corrected chi connectivity index (χ4v) is 3.25. The Morgan fingerprint density at radius 3 is 2.30 bits per heavy atom. The largest absolute Gasteiger partial charge is 0.355 e. The Bertz CT molecular complexity index is 813. The van der Waals surface area contributed by atoms with Crippen LogP contribution in [0.15, 0.2) is 48.5 Å². The number of carbonyl (C=O) groups is 2. The lowest BCUT2D eigenvalue weighted by Crippen LogP contribution is -2.40. The van der Waals surface area contributed by atoms with Gasteiger partial charge in [-0.1, -0.05) is 61.0 Å². The molecule has 27 heavy (non-hydrogen) atoms. The first-order valence-electron chi connectivity index (χ1n) is 9.39. The van der Waals surface area contributed by atoms with Gasteiger partial charge in [-0.3, -0.25) is 9.59 Å². The molecule has 3 rings (SSSR count). The summed E-state index contributed by atoms with van der Waals surface area (Å²) in [6.07, 6.45) is 2.92. The lowest BCUT2D eigenvalue weighted by atomic mass is 10.0. The Balaban J connectivity index is 1.47. The van der Waals surface area contributed by atoms with Crippen LogP contribution in [-0.2, 0) is 29.0 Å². The lowest BCUT2D eigenvalue weighted by molar-refractivity contribution is -0.127. The van der Waals surface area contributed by atoms with E-state index >= 15 is 0 Å². The van der Waals surface area contributed by atoms with Crippen LogP contribution in [-0.4, -0.2) is 18.4 Å². The lowest BCUT2D eigenvalue weighted by Gasteiger charge is -2.16. The van der Waals surface area contributed by atoms with Gasteiger partial charge in [0, 0.05) is 18.1 Å². The van der Waals surface area contributed by atoms with Crippen LogP contribution in [0.3, 0.4) is 0 Å². The average Bonchev–Trinajstić information content (AvgIpc) is 3.47. The minimum Gasteiger partial charge on any atom is -0.355 e. The van der Waals surface area contributed by atoms with E-state index in [1.807, 2.05) is 48.5 Å². The summed E-state index contributed by atoms with van der Waals surface area (Å²) in [5, 5.41) is 6.52. The summed E-state index contributed by atoms with van der Waals surface area (Å²) in [5.74, 6) is -0.0700. The molecule has 1 aliphatic rings. The van der Waals surface area contributed by atoms with Crippen LogP contribution in [0.4, 0.5) is 0 Å². The van der Waals surface area contributed by atoms with Crippen LogP contribution < -0.4 is 10.6 Å². The van der Waals surface area contributed by atoms with Gasteiger partial charge in [-0.2, -0.15) is 0 Å². The van der Waals surface area contributed by atoms with Crippen molar-refractivity contribution in [1.82, 2.24) is 10.6 Å². The van der Waals surface area contributed by atoms with Crippen LogP contribution in [0.2, 0.25) is 5.02 Å². The van der Waals surface area contributed by atoms with Gasteiger partial charge < -0.3 is 10.6 Å². The first-order valence-corrected chi connectivity index (χ1v) is 9.76. The molecule has 0 unspecified atom stereocenters. The quantitative estimate of drug-likeness (QED) is 0.729. The van der Waals surface area contributed by atoms with Crippen molar-refractivity contribution in [2.75, 3.05) is 6.54 Å². The van der Waals surface area contributed by atoms with Gasteiger partial charge in [0.25, 0.3) is 0 Å². The van der Waals surface area contributed by atoms with Crippen LogP contribution >= 0.6 is 11.6 Å². The van der Waals surface area contributed by atoms with Crippen LogP contribution in [0.1, 0.15) is 36.5 Å². The molecule has 0 aliphatic heterocycles. The number of benzene rings is 2. The van der Waals surface area contributed by atoms with Crippen molar-refractivity contribution in [3.05, 3.63) is 70.2 Å². The Hall–Kier alpha value is -2.33. The van der Waals surface area contributed by atoms with E-state index in [4.69, 9.17) is 11.6 Å². The van der Waals surface area contributed by atoms with Crippen molar-refractivity contribution in [3.63, 3.8) is 0 Å². The van der Waals surface area contributed by atoms with Crippen molar-refractivity contribution < 1.29 is 9.59 Å². The highest BCUT2D eigenvalue weighted by molar-refractivity contribution is 6.31. The van der Waals surface area contributed by atoms with Crippen molar-refractivity contribution in [2.45, 2.75) is 39.2 Å². The second kappa shape index (κ2) is 8.57. The third kappa shape index (κ3) is 5.10. The SMILES string of the molecule is CCc1ccc(CC(=O)NCC2(C(=O)NCc3ccccc3Cl)CC2)cc1. The number of hydrogen-bond acceptors (Lipinski definition) is 2. The molecule has 0 heterocycles. The molecule has 0 bridgehead atoms. The monoisotopic (exact) mass is 384 g/mol. The van der Waals surface area contributed by atoms with E-state index in [9.17, 15) is 9.59 Å². The molecule has 1 aliphatic carbocycles. The standard InChI is InChI=1S/C22H25ClN2O2/c1-2-16-7-9-17(10-8-16)13-20(26)25-15-22(11-12-22)21(27)24-14-18-5-3-4-6-19(18)23/h3-10H,2,11-15H2,1H3,(H,24,27)(H,25,26). The topological polar surface area (TPSA) is 58.2 Å². The molecule has 2 N–H and O–H groups in total. The van der Waals surface area contributed by atoms with Crippen LogP contribution in [0.25, 0.3) is 0 Å². The van der Waals surface area contributed by atoms with E-state index < -0.39 is 5.41 Å². The molecule has 2 aromatic rings. The smallest absolute Gasteiger partial charge is 0.228 e. The number of rotatable bonds is 8. The van der Waals surface area contributed by atoms with Gasteiger partial charge in [-0.25, -0.2) is 0 Å². The van der Waals surface area contributed by atoms with Crippen LogP contribution in [0.5, 0.6) is 0 Å². The summed E-state index contributed by atoms with van der Waals surface area (Å²) >= 11 is 6.13. The van der Waals surface area contributed by atoms with E-state index in [1.54, 1.807) is 0 Å². The maximum atomic E-state index is 12.5. The Morgan fingerprint density at radius 1 is 1.00 bits per heavy atom. The zero-order valence-corrected chi connectivity index (χ0v) is 16.3. The van der Waals surface area contributed by atoms with Crippen molar-refractivity contribution in [3.8, 4) is 0 Å². The first kappa shape index (κ1) is 19.4. The van der Waals surface area contributed by atoms with Gasteiger partial charge in [0.15, 0.2) is 0 Å². The van der Waals surface area contributed by atoms with Crippen molar-refractivity contribution in [2.24, 2.45) is 5.41 Å². The number of hydrogen-bond donors (Lipinski definition) is 2. The van der Waals surface area contributed by atoms with Crippen LogP contribution in [0, 0.1) is 5.41 Å². The van der Waals surface area contributed by atoms with Gasteiger partial charge in [-0.15, -0.1) is 0 Å². The highest BCUT2D eigenvalue weighted by Gasteiger charge is 2.49. The summed E-state index contributed by atoms with van der Waals surface area (Å²) in [5.41, 5.74) is 2.66. The molecule has 0 saturated heterocycles. The molecule has 1 fully saturated rings. The number of halogens is 1. The molecule has 5 heteroatoms. The second-order valence-electron chi connectivity index (χ2n) is 7.18. The predicted octanol–water partition coefficient (Wildman–Crippen LogP) is 3.66. The summed E-state index contributed by atoms with van der Waals surface area (Å²) < 4.78 is 0. The number of carbonyl (C=O) groups excluding carboxylic acids is 2. The van der Waals surface area contributed by atoms with E-state index in [1.165, 1.54) is 5.56 Å². The molecule has 2 amide bonds. The van der Waals surface area contributed by atoms with Gasteiger partial charge in [-0.05, 0) is 42.0 Å². The highest BCUT2D eigenvalue weighted by atomic mass is 35.5. The first-order chi connectivity index (χ1) is 13.0. The third-order valence-electron chi connectivity index (χ3n) is 5.15. The van der Waals surface area contributed by atoms with Gasteiger partial charge in [0.05, 0.1) is 11.8 Å². The molecule has 4 nitrogen and oxygen atoms in total. The number of nitrogens with one attached hydrogen (secondary N) is 2. The molecule has 1 saturated carbocycles. The Kier molecular flexibility index (Phi) is 6.17. The fourth-order valence-electron chi connectivity index (χ4n) is 3.05. The van der Waals surface area contributed by atoms with E-state index in [0.29, 0.717) is 24.5 Å². The molecular formula is C22H25ClN2O2. The molecule has 0 atom stereocenters. The molecular weight excluding hydrogens is 360 g/mol.